The second-order valence-electron chi connectivity index (χ2n) is 4.52. The first-order chi connectivity index (χ1) is 8.83. The van der Waals surface area contributed by atoms with Gasteiger partial charge in [0.2, 0.25) is 0 Å². The largest absolute Gasteiger partial charge is 0.354 e. The van der Waals surface area contributed by atoms with Gasteiger partial charge in [0.1, 0.15) is 0 Å². The summed E-state index contributed by atoms with van der Waals surface area (Å²) in [6.07, 6.45) is 0. The van der Waals surface area contributed by atoms with Crippen molar-refractivity contribution in [1.82, 2.24) is 0 Å². The van der Waals surface area contributed by atoms with Gasteiger partial charge in [-0.15, -0.1) is 0 Å². The second kappa shape index (κ2) is 3.50. The molecule has 0 aliphatic carbocycles. The Balaban J connectivity index is 2.17. The minimum Gasteiger partial charge on any atom is -0.354 e. The van der Waals surface area contributed by atoms with Crippen molar-refractivity contribution in [3.8, 4) is 11.1 Å². The fourth-order valence-electron chi connectivity index (χ4n) is 2.67. The van der Waals surface area contributed by atoms with Crippen LogP contribution in [-0.4, -0.2) is 0 Å². The highest BCUT2D eigenvalue weighted by Gasteiger charge is 2.17. The van der Waals surface area contributed by atoms with Crippen LogP contribution in [0.25, 0.3) is 21.9 Å². The first kappa shape index (κ1) is 9.98. The SMILES string of the molecule is Clc1ccc2c(c1)Nc1cccc3cccc-2c13. The van der Waals surface area contributed by atoms with Gasteiger partial charge in [0.05, 0.1) is 0 Å². The van der Waals surface area contributed by atoms with E-state index in [0.717, 1.165) is 16.4 Å². The molecule has 2 heteroatoms. The molecule has 0 saturated carbocycles. The minimum atomic E-state index is 0.757. The van der Waals surface area contributed by atoms with Crippen LogP contribution in [0.1, 0.15) is 0 Å². The Hall–Kier alpha value is -1.99. The van der Waals surface area contributed by atoms with Crippen LogP contribution in [0.2, 0.25) is 5.02 Å². The molecule has 1 nitrogen and oxygen atoms in total. The van der Waals surface area contributed by atoms with Crippen molar-refractivity contribution in [2.45, 2.75) is 0 Å². The lowest BCUT2D eigenvalue weighted by Gasteiger charge is -2.22. The van der Waals surface area contributed by atoms with E-state index in [1.807, 2.05) is 12.1 Å². The van der Waals surface area contributed by atoms with Crippen LogP contribution in [0.4, 0.5) is 11.4 Å². The fourth-order valence-corrected chi connectivity index (χ4v) is 2.84. The fraction of sp³-hybridized carbons (Fsp3) is 0. The van der Waals surface area contributed by atoms with Gasteiger partial charge in [0, 0.05) is 27.3 Å². The summed E-state index contributed by atoms with van der Waals surface area (Å²) in [5, 5.41) is 6.77. The van der Waals surface area contributed by atoms with Crippen molar-refractivity contribution in [1.29, 1.82) is 0 Å². The van der Waals surface area contributed by atoms with E-state index in [0.29, 0.717) is 0 Å². The predicted octanol–water partition coefficient (Wildman–Crippen LogP) is 5.22. The summed E-state index contributed by atoms with van der Waals surface area (Å²) in [5.41, 5.74) is 4.71. The van der Waals surface area contributed by atoms with Crippen LogP contribution >= 0.6 is 11.6 Å². The second-order valence-corrected chi connectivity index (χ2v) is 4.96. The molecule has 0 amide bonds. The third kappa shape index (κ3) is 1.28. The molecule has 86 valence electrons. The lowest BCUT2D eigenvalue weighted by Crippen LogP contribution is -2.00. The summed E-state index contributed by atoms with van der Waals surface area (Å²) in [5.74, 6) is 0. The van der Waals surface area contributed by atoms with Gasteiger partial charge in [0.15, 0.2) is 0 Å². The van der Waals surface area contributed by atoms with Crippen molar-refractivity contribution in [3.05, 3.63) is 59.6 Å². The molecule has 0 aromatic heterocycles. The Labute approximate surface area is 110 Å². The highest BCUT2D eigenvalue weighted by atomic mass is 35.5. The molecule has 3 aromatic carbocycles. The quantitative estimate of drug-likeness (QED) is 0.452. The van der Waals surface area contributed by atoms with Crippen LogP contribution < -0.4 is 5.32 Å². The third-order valence-electron chi connectivity index (χ3n) is 3.45. The van der Waals surface area contributed by atoms with E-state index >= 15 is 0 Å². The van der Waals surface area contributed by atoms with E-state index in [2.05, 4.69) is 47.8 Å². The zero-order chi connectivity index (χ0) is 12.1. The average Bonchev–Trinajstić information content (AvgIpc) is 2.39. The predicted molar refractivity (Wildman–Crippen MR) is 77.7 cm³/mol. The molecule has 0 bridgehead atoms. The van der Waals surface area contributed by atoms with E-state index in [1.54, 1.807) is 0 Å². The number of hydrogen-bond donors (Lipinski definition) is 1. The number of nitrogens with one attached hydrogen (secondary N) is 1. The molecule has 3 aromatic rings. The zero-order valence-electron chi connectivity index (χ0n) is 9.57. The first-order valence-electron chi connectivity index (χ1n) is 5.92. The summed E-state index contributed by atoms with van der Waals surface area (Å²) < 4.78 is 0. The maximum Gasteiger partial charge on any atom is 0.0479 e. The average molecular weight is 252 g/mol. The standard InChI is InChI=1S/C16H10ClN/c17-11-7-8-12-13-5-1-3-10-4-2-6-14(16(10)13)18-15(12)9-11/h1-9,18H. The van der Waals surface area contributed by atoms with E-state index in [9.17, 15) is 0 Å². The van der Waals surface area contributed by atoms with Crippen LogP contribution in [-0.2, 0) is 0 Å². The van der Waals surface area contributed by atoms with E-state index in [-0.39, 0.29) is 0 Å². The van der Waals surface area contributed by atoms with Crippen molar-refractivity contribution in [2.24, 2.45) is 0 Å². The monoisotopic (exact) mass is 251 g/mol. The summed E-state index contributed by atoms with van der Waals surface area (Å²) in [6.45, 7) is 0. The molecule has 0 unspecified atom stereocenters. The molecule has 0 atom stereocenters. The summed E-state index contributed by atoms with van der Waals surface area (Å²) in [6, 6.07) is 18.7. The topological polar surface area (TPSA) is 12.0 Å². The molecule has 1 N–H and O–H groups in total. The molecule has 4 rings (SSSR count). The van der Waals surface area contributed by atoms with Crippen LogP contribution in [0.3, 0.4) is 0 Å². The van der Waals surface area contributed by atoms with Crippen molar-refractivity contribution in [3.63, 3.8) is 0 Å². The molecule has 0 radical (unpaired) electrons. The molecular formula is C16H10ClN. The van der Waals surface area contributed by atoms with Gasteiger partial charge >= 0.3 is 0 Å². The Morgan fingerprint density at radius 2 is 1.61 bits per heavy atom. The van der Waals surface area contributed by atoms with Crippen LogP contribution in [0.5, 0.6) is 0 Å². The Kier molecular flexibility index (Phi) is 1.94. The lowest BCUT2D eigenvalue weighted by atomic mass is 9.93. The normalized spacial score (nSPS) is 12.1. The van der Waals surface area contributed by atoms with Crippen molar-refractivity contribution >= 4 is 33.7 Å². The van der Waals surface area contributed by atoms with Crippen LogP contribution in [0.15, 0.2) is 54.6 Å². The Morgan fingerprint density at radius 3 is 2.50 bits per heavy atom. The molecule has 0 spiro atoms. The summed E-state index contributed by atoms with van der Waals surface area (Å²) in [7, 11) is 0. The molecule has 1 heterocycles. The van der Waals surface area contributed by atoms with E-state index < -0.39 is 0 Å². The molecule has 1 aliphatic rings. The number of hydrogen-bond acceptors (Lipinski definition) is 1. The zero-order valence-corrected chi connectivity index (χ0v) is 10.3. The lowest BCUT2D eigenvalue weighted by molar-refractivity contribution is 1.53. The number of benzene rings is 3. The van der Waals surface area contributed by atoms with Gasteiger partial charge in [0.25, 0.3) is 0 Å². The summed E-state index contributed by atoms with van der Waals surface area (Å²) in [4.78, 5) is 0. The van der Waals surface area contributed by atoms with Gasteiger partial charge < -0.3 is 5.32 Å². The van der Waals surface area contributed by atoms with E-state index in [4.69, 9.17) is 11.6 Å². The maximum atomic E-state index is 6.07. The molecular weight excluding hydrogens is 242 g/mol. The van der Waals surface area contributed by atoms with Gasteiger partial charge in [-0.3, -0.25) is 0 Å². The van der Waals surface area contributed by atoms with Gasteiger partial charge in [-0.05, 0) is 29.1 Å². The van der Waals surface area contributed by atoms with Gasteiger partial charge in [-0.1, -0.05) is 48.0 Å². The van der Waals surface area contributed by atoms with Crippen molar-refractivity contribution < 1.29 is 0 Å². The third-order valence-corrected chi connectivity index (χ3v) is 3.68. The highest BCUT2D eigenvalue weighted by Crippen LogP contribution is 2.44. The molecule has 0 fully saturated rings. The van der Waals surface area contributed by atoms with E-state index in [1.165, 1.54) is 21.9 Å². The number of halogens is 1. The Bertz CT molecular complexity index is 772. The number of fused-ring (bicyclic) bond motifs is 2. The van der Waals surface area contributed by atoms with Gasteiger partial charge in [-0.2, -0.15) is 0 Å². The van der Waals surface area contributed by atoms with Gasteiger partial charge in [-0.25, -0.2) is 0 Å². The van der Waals surface area contributed by atoms with Crippen molar-refractivity contribution in [2.75, 3.05) is 5.32 Å². The number of anilines is 2. The Morgan fingerprint density at radius 1 is 0.778 bits per heavy atom. The molecule has 18 heavy (non-hydrogen) atoms. The highest BCUT2D eigenvalue weighted by molar-refractivity contribution is 6.31. The first-order valence-corrected chi connectivity index (χ1v) is 6.29. The summed E-state index contributed by atoms with van der Waals surface area (Å²) >= 11 is 6.07. The maximum absolute atomic E-state index is 6.07. The molecule has 1 aliphatic heterocycles. The molecule has 0 saturated heterocycles. The van der Waals surface area contributed by atoms with Crippen LogP contribution in [0, 0.1) is 0 Å². The smallest absolute Gasteiger partial charge is 0.0479 e. The minimum absolute atomic E-state index is 0.757. The number of rotatable bonds is 0.